The minimum absolute atomic E-state index is 0.113. The highest BCUT2D eigenvalue weighted by Crippen LogP contribution is 2.23. The molecule has 2 rings (SSSR count). The largest absolute Gasteiger partial charge is 0.508 e. The van der Waals surface area contributed by atoms with Gasteiger partial charge in [-0.25, -0.2) is 18.1 Å². The number of hydrazone groups is 1. The Morgan fingerprint density at radius 3 is 2.52 bits per heavy atom. The number of sulfonamides is 1. The molecule has 23 heavy (non-hydrogen) atoms. The summed E-state index contributed by atoms with van der Waals surface area (Å²) in [7, 11) is -4.00. The average Bonchev–Trinajstić information content (AvgIpc) is 2.94. The SMILES string of the molecule is CCN=C(NS(=O)(=O)c1cc(O)cc(O)c1)N1CC(CC)C=N1. The van der Waals surface area contributed by atoms with Gasteiger partial charge in [-0.1, -0.05) is 6.92 Å². The number of phenolic OH excluding ortho intramolecular Hbond substituents is 2. The first-order valence-corrected chi connectivity index (χ1v) is 8.76. The molecule has 0 aliphatic carbocycles. The van der Waals surface area contributed by atoms with Crippen molar-refractivity contribution in [2.75, 3.05) is 13.1 Å². The number of nitrogens with zero attached hydrogens (tertiary/aromatic N) is 3. The fraction of sp³-hybridized carbons (Fsp3) is 0.429. The van der Waals surface area contributed by atoms with Gasteiger partial charge in [0.15, 0.2) is 0 Å². The zero-order valence-electron chi connectivity index (χ0n) is 13.0. The first-order chi connectivity index (χ1) is 10.9. The van der Waals surface area contributed by atoms with E-state index in [0.717, 1.165) is 24.6 Å². The second-order valence-electron chi connectivity index (χ2n) is 5.10. The van der Waals surface area contributed by atoms with Gasteiger partial charge in [0.2, 0.25) is 5.96 Å². The van der Waals surface area contributed by atoms with Crippen LogP contribution in [0.1, 0.15) is 20.3 Å². The number of guanidine groups is 1. The molecule has 0 bridgehead atoms. The molecule has 3 N–H and O–H groups in total. The highest BCUT2D eigenvalue weighted by atomic mass is 32.2. The van der Waals surface area contributed by atoms with E-state index in [-0.39, 0.29) is 28.3 Å². The normalized spacial score (nSPS) is 18.4. The molecule has 1 aliphatic heterocycles. The van der Waals surface area contributed by atoms with E-state index in [0.29, 0.717) is 13.1 Å². The Morgan fingerprint density at radius 1 is 1.35 bits per heavy atom. The molecule has 8 nitrogen and oxygen atoms in total. The lowest BCUT2D eigenvalue weighted by molar-refractivity contribution is 0.429. The van der Waals surface area contributed by atoms with E-state index in [1.165, 1.54) is 5.01 Å². The zero-order chi connectivity index (χ0) is 17.0. The van der Waals surface area contributed by atoms with Crippen molar-refractivity contribution in [2.24, 2.45) is 16.0 Å². The van der Waals surface area contributed by atoms with Crippen LogP contribution < -0.4 is 4.72 Å². The minimum atomic E-state index is -4.00. The van der Waals surface area contributed by atoms with Gasteiger partial charge in [-0.15, -0.1) is 0 Å². The molecule has 1 aromatic rings. The van der Waals surface area contributed by atoms with Gasteiger partial charge in [-0.3, -0.25) is 4.99 Å². The van der Waals surface area contributed by atoms with E-state index in [1.54, 1.807) is 13.1 Å². The lowest BCUT2D eigenvalue weighted by atomic mass is 10.1. The molecule has 0 radical (unpaired) electrons. The molecular weight excluding hydrogens is 320 g/mol. The summed E-state index contributed by atoms with van der Waals surface area (Å²) in [6.45, 7) is 4.73. The van der Waals surface area contributed by atoms with Gasteiger partial charge in [-0.2, -0.15) is 5.10 Å². The van der Waals surface area contributed by atoms with E-state index >= 15 is 0 Å². The van der Waals surface area contributed by atoms with Gasteiger partial charge in [0.25, 0.3) is 10.0 Å². The van der Waals surface area contributed by atoms with Gasteiger partial charge in [-0.05, 0) is 13.3 Å². The van der Waals surface area contributed by atoms with Gasteiger partial charge < -0.3 is 10.2 Å². The van der Waals surface area contributed by atoms with E-state index in [1.807, 2.05) is 6.92 Å². The second-order valence-corrected chi connectivity index (χ2v) is 6.79. The molecular formula is C14H20N4O4S. The Morgan fingerprint density at radius 2 is 2.00 bits per heavy atom. The van der Waals surface area contributed by atoms with Crippen molar-refractivity contribution in [1.29, 1.82) is 0 Å². The van der Waals surface area contributed by atoms with Crippen LogP contribution in [0.15, 0.2) is 33.2 Å². The Kier molecular flexibility index (Phi) is 5.09. The Bertz CT molecular complexity index is 710. The first kappa shape index (κ1) is 17.1. The number of hydrogen-bond donors (Lipinski definition) is 3. The van der Waals surface area contributed by atoms with Crippen molar-refractivity contribution in [3.8, 4) is 11.5 Å². The van der Waals surface area contributed by atoms with E-state index in [2.05, 4.69) is 14.8 Å². The molecule has 0 saturated carbocycles. The van der Waals surface area contributed by atoms with Crippen molar-refractivity contribution >= 4 is 22.2 Å². The highest BCUT2D eigenvalue weighted by Gasteiger charge is 2.25. The van der Waals surface area contributed by atoms with E-state index < -0.39 is 10.0 Å². The fourth-order valence-electron chi connectivity index (χ4n) is 2.09. The number of aliphatic imine (C=N–C) groups is 1. The summed E-state index contributed by atoms with van der Waals surface area (Å²) in [6.07, 6.45) is 2.66. The molecule has 0 spiro atoms. The molecule has 1 heterocycles. The van der Waals surface area contributed by atoms with Crippen molar-refractivity contribution < 1.29 is 18.6 Å². The summed E-state index contributed by atoms with van der Waals surface area (Å²) < 4.78 is 27.2. The van der Waals surface area contributed by atoms with Crippen LogP contribution in [0.3, 0.4) is 0 Å². The maximum Gasteiger partial charge on any atom is 0.264 e. The van der Waals surface area contributed by atoms with Crippen LogP contribution in [-0.2, 0) is 10.0 Å². The molecule has 0 fully saturated rings. The third kappa shape index (κ3) is 4.13. The lowest BCUT2D eigenvalue weighted by Crippen LogP contribution is -2.41. The predicted octanol–water partition coefficient (Wildman–Crippen LogP) is 1.08. The fourth-order valence-corrected chi connectivity index (χ4v) is 3.17. The summed E-state index contributed by atoms with van der Waals surface area (Å²) in [6, 6.07) is 3.15. The summed E-state index contributed by atoms with van der Waals surface area (Å²) in [5, 5.41) is 24.6. The van der Waals surface area contributed by atoms with Crippen LogP contribution in [0.4, 0.5) is 0 Å². The topological polar surface area (TPSA) is 115 Å². The van der Waals surface area contributed by atoms with Gasteiger partial charge in [0.1, 0.15) is 11.5 Å². The van der Waals surface area contributed by atoms with Crippen LogP contribution >= 0.6 is 0 Å². The number of aromatic hydroxyl groups is 2. The smallest absolute Gasteiger partial charge is 0.264 e. The first-order valence-electron chi connectivity index (χ1n) is 7.27. The third-order valence-corrected chi connectivity index (χ3v) is 4.62. The third-order valence-electron chi connectivity index (χ3n) is 3.31. The van der Waals surface area contributed by atoms with Crippen LogP contribution in [-0.4, -0.2) is 48.9 Å². The number of rotatable bonds is 4. The number of nitrogens with one attached hydrogen (secondary N) is 1. The predicted molar refractivity (Wildman–Crippen MR) is 87.0 cm³/mol. The van der Waals surface area contributed by atoms with Crippen LogP contribution in [0.25, 0.3) is 0 Å². The summed E-state index contributed by atoms with van der Waals surface area (Å²) in [5.74, 6) is -0.330. The maximum atomic E-state index is 12.4. The van der Waals surface area contributed by atoms with Crippen molar-refractivity contribution in [3.63, 3.8) is 0 Å². The zero-order valence-corrected chi connectivity index (χ0v) is 13.8. The van der Waals surface area contributed by atoms with Gasteiger partial charge >= 0.3 is 0 Å². The van der Waals surface area contributed by atoms with Gasteiger partial charge in [0.05, 0.1) is 11.4 Å². The monoisotopic (exact) mass is 340 g/mol. The number of benzene rings is 1. The molecule has 126 valence electrons. The van der Waals surface area contributed by atoms with E-state index in [9.17, 15) is 18.6 Å². The maximum absolute atomic E-state index is 12.4. The second kappa shape index (κ2) is 6.86. The number of phenols is 2. The molecule has 9 heteroatoms. The molecule has 0 aromatic heterocycles. The molecule has 1 atom stereocenters. The quantitative estimate of drug-likeness (QED) is 0.560. The summed E-state index contributed by atoms with van der Waals surface area (Å²) >= 11 is 0. The molecule has 1 aliphatic rings. The van der Waals surface area contributed by atoms with Gasteiger partial charge in [0, 0.05) is 36.9 Å². The Labute approximate surface area is 135 Å². The minimum Gasteiger partial charge on any atom is -0.508 e. The standard InChI is InChI=1S/C14H20N4O4S/c1-3-10-8-16-18(9-10)14(15-4-2)17-23(21,22)13-6-11(19)5-12(20)7-13/h5-8,10,19-20H,3-4,9H2,1-2H3,(H,15,17). The molecule has 0 amide bonds. The summed E-state index contributed by atoms with van der Waals surface area (Å²) in [5.41, 5.74) is 0. The average molecular weight is 340 g/mol. The van der Waals surface area contributed by atoms with Crippen molar-refractivity contribution in [2.45, 2.75) is 25.2 Å². The summed E-state index contributed by atoms with van der Waals surface area (Å²) in [4.78, 5) is 3.89. The van der Waals surface area contributed by atoms with Crippen LogP contribution in [0.2, 0.25) is 0 Å². The lowest BCUT2D eigenvalue weighted by Gasteiger charge is -2.19. The van der Waals surface area contributed by atoms with Crippen LogP contribution in [0.5, 0.6) is 11.5 Å². The van der Waals surface area contributed by atoms with Crippen LogP contribution in [0, 0.1) is 5.92 Å². The highest BCUT2D eigenvalue weighted by molar-refractivity contribution is 7.90. The Hall–Kier alpha value is -2.29. The van der Waals surface area contributed by atoms with Crippen molar-refractivity contribution in [3.05, 3.63) is 18.2 Å². The van der Waals surface area contributed by atoms with E-state index in [4.69, 9.17) is 0 Å². The van der Waals surface area contributed by atoms with Crippen molar-refractivity contribution in [1.82, 2.24) is 9.73 Å². The molecule has 1 unspecified atom stereocenters. The Balaban J connectivity index is 2.26. The number of hydrogen-bond acceptors (Lipinski definition) is 6. The molecule has 1 aromatic carbocycles. The molecule has 0 saturated heterocycles.